The van der Waals surface area contributed by atoms with Gasteiger partial charge >= 0.3 is 0 Å². The van der Waals surface area contributed by atoms with E-state index in [1.807, 2.05) is 13.8 Å². The fraction of sp³-hybridized carbons (Fsp3) is 0.571. The van der Waals surface area contributed by atoms with Crippen LogP contribution in [-0.4, -0.2) is 109 Å². The summed E-state index contributed by atoms with van der Waals surface area (Å²) in [5, 5.41) is 39.5. The molecule has 58 heavy (non-hydrogen) atoms. The number of aliphatic hydroxyl groups is 2. The fourth-order valence-corrected chi connectivity index (χ4v) is 5.91. The van der Waals surface area contributed by atoms with Crippen molar-refractivity contribution in [2.45, 2.75) is 117 Å². The van der Waals surface area contributed by atoms with Gasteiger partial charge in [-0.25, -0.2) is 0 Å². The van der Waals surface area contributed by atoms with Gasteiger partial charge in [-0.05, 0) is 47.9 Å². The number of aliphatic hydroxyl groups excluding tert-OH is 2. The number of rotatable bonds is 25. The van der Waals surface area contributed by atoms with E-state index in [4.69, 9.17) is 9.47 Å². The first-order valence-corrected chi connectivity index (χ1v) is 20.0. The lowest BCUT2D eigenvalue weighted by molar-refractivity contribution is -0.171. The van der Waals surface area contributed by atoms with Crippen molar-refractivity contribution in [1.82, 2.24) is 31.9 Å². The average molecular weight is 813 g/mol. The molecule has 0 unspecified atom stereocenters. The predicted octanol–water partition coefficient (Wildman–Crippen LogP) is 1.71. The average Bonchev–Trinajstić information content (AvgIpc) is 3.21. The standard InChI is InChI=1S/C42H64N6O10/c1-9-11-21-45-37(51)29-19-15-13-17-27(29)23-57-35(41(55)47-31(25(3)4)39(53)43-7)33(49)34(50)36(42(56)48-32(26(5)6)40(54)44-8)58-24-28-18-14-16-20-30(28)38(52)46-22-12-10-2/h13-20,25-26,31-36,49-50H,9-12,21-24H2,1-8H3,(H,43,53)(H,44,54)(H,45,51)(H,46,52)(H,47,55)(H,48,56)/t31-,32-,33+,34+,35+,36+/m0/s1. The van der Waals surface area contributed by atoms with Gasteiger partial charge in [-0.2, -0.15) is 0 Å². The predicted molar refractivity (Wildman–Crippen MR) is 218 cm³/mol. The topological polar surface area (TPSA) is 234 Å². The van der Waals surface area contributed by atoms with E-state index in [1.165, 1.54) is 14.1 Å². The molecule has 6 atom stereocenters. The van der Waals surface area contributed by atoms with Gasteiger partial charge < -0.3 is 51.6 Å². The van der Waals surface area contributed by atoms with Crippen LogP contribution in [0.25, 0.3) is 0 Å². The Morgan fingerprint density at radius 3 is 1.22 bits per heavy atom. The van der Waals surface area contributed by atoms with Crippen LogP contribution >= 0.6 is 0 Å². The quantitative estimate of drug-likeness (QED) is 0.0677. The molecule has 16 heteroatoms. The van der Waals surface area contributed by atoms with Crippen molar-refractivity contribution in [2.24, 2.45) is 11.8 Å². The van der Waals surface area contributed by atoms with Gasteiger partial charge in [0.2, 0.25) is 11.8 Å². The number of hydrogen-bond acceptors (Lipinski definition) is 10. The smallest absolute Gasteiger partial charge is 0.252 e. The summed E-state index contributed by atoms with van der Waals surface area (Å²) in [4.78, 5) is 79.8. The zero-order chi connectivity index (χ0) is 43.4. The molecule has 2 rings (SSSR count). The lowest BCUT2D eigenvalue weighted by atomic mass is 9.98. The fourth-order valence-electron chi connectivity index (χ4n) is 5.91. The Kier molecular flexibility index (Phi) is 21.6. The number of hydrogen-bond donors (Lipinski definition) is 8. The first kappa shape index (κ1) is 49.2. The summed E-state index contributed by atoms with van der Waals surface area (Å²) in [6.07, 6.45) is -5.01. The van der Waals surface area contributed by atoms with Crippen molar-refractivity contribution in [1.29, 1.82) is 0 Å². The molecule has 322 valence electrons. The Balaban J connectivity index is 2.60. The first-order valence-electron chi connectivity index (χ1n) is 20.0. The van der Waals surface area contributed by atoms with Crippen LogP contribution in [0.3, 0.4) is 0 Å². The molecule has 16 nitrogen and oxygen atoms in total. The molecular formula is C42H64N6O10. The maximum Gasteiger partial charge on any atom is 0.252 e. The van der Waals surface area contributed by atoms with Crippen LogP contribution < -0.4 is 31.9 Å². The van der Waals surface area contributed by atoms with Crippen molar-refractivity contribution in [3.8, 4) is 0 Å². The minimum atomic E-state index is -2.19. The van der Waals surface area contributed by atoms with E-state index in [2.05, 4.69) is 31.9 Å². The van der Waals surface area contributed by atoms with Gasteiger partial charge in [-0.1, -0.05) is 90.8 Å². The van der Waals surface area contributed by atoms with Crippen molar-refractivity contribution >= 4 is 35.4 Å². The summed E-state index contributed by atoms with van der Waals surface area (Å²) in [5.74, 6) is -4.66. The minimum Gasteiger partial charge on any atom is -0.387 e. The normalized spacial score (nSPS) is 14.3. The second-order valence-electron chi connectivity index (χ2n) is 14.7. The third-order valence-corrected chi connectivity index (χ3v) is 9.47. The van der Waals surface area contributed by atoms with Crippen LogP contribution in [0.1, 0.15) is 99.1 Å². The van der Waals surface area contributed by atoms with E-state index < -0.39 is 85.2 Å². The lowest BCUT2D eigenvalue weighted by Crippen LogP contribution is -2.60. The van der Waals surface area contributed by atoms with Gasteiger partial charge in [0.1, 0.15) is 24.3 Å². The highest BCUT2D eigenvalue weighted by Crippen LogP contribution is 2.20. The van der Waals surface area contributed by atoms with Crippen LogP contribution in [0.4, 0.5) is 0 Å². The number of likely N-dealkylation sites (N-methyl/N-ethyl adjacent to an activating group) is 2. The molecule has 0 bridgehead atoms. The molecule has 2 aromatic rings. The van der Waals surface area contributed by atoms with Crippen molar-refractivity contribution in [2.75, 3.05) is 27.2 Å². The van der Waals surface area contributed by atoms with Gasteiger partial charge in [-0.15, -0.1) is 0 Å². The Morgan fingerprint density at radius 1 is 0.569 bits per heavy atom. The van der Waals surface area contributed by atoms with Crippen molar-refractivity contribution in [3.63, 3.8) is 0 Å². The van der Waals surface area contributed by atoms with Gasteiger partial charge in [0.25, 0.3) is 23.6 Å². The number of carbonyl (C=O) groups excluding carboxylic acids is 6. The number of nitrogens with one attached hydrogen (secondary N) is 6. The van der Waals surface area contributed by atoms with Gasteiger partial charge in [-0.3, -0.25) is 28.8 Å². The zero-order valence-electron chi connectivity index (χ0n) is 35.1. The summed E-state index contributed by atoms with van der Waals surface area (Å²) in [6, 6.07) is 10.8. The molecule has 2 aromatic carbocycles. The maximum absolute atomic E-state index is 14.0. The third-order valence-electron chi connectivity index (χ3n) is 9.47. The van der Waals surface area contributed by atoms with E-state index in [0.29, 0.717) is 24.2 Å². The molecular weight excluding hydrogens is 748 g/mol. The third kappa shape index (κ3) is 14.8. The first-order chi connectivity index (χ1) is 27.6. The maximum atomic E-state index is 14.0. The second kappa shape index (κ2) is 25.5. The molecule has 6 amide bonds. The van der Waals surface area contributed by atoms with E-state index in [0.717, 1.165) is 25.7 Å². The highest BCUT2D eigenvalue weighted by Gasteiger charge is 2.43. The summed E-state index contributed by atoms with van der Waals surface area (Å²) in [5.41, 5.74) is 1.22. The number of benzene rings is 2. The molecule has 0 aliphatic carbocycles. The molecule has 8 N–H and O–H groups in total. The zero-order valence-corrected chi connectivity index (χ0v) is 35.1. The molecule has 0 heterocycles. The Bertz CT molecular complexity index is 1530. The van der Waals surface area contributed by atoms with Crippen LogP contribution in [0.15, 0.2) is 48.5 Å². The molecule has 0 radical (unpaired) electrons. The highest BCUT2D eigenvalue weighted by atomic mass is 16.5. The number of amides is 6. The molecule has 0 aliphatic heterocycles. The lowest BCUT2D eigenvalue weighted by Gasteiger charge is -2.33. The minimum absolute atomic E-state index is 0.255. The molecule has 0 aliphatic rings. The van der Waals surface area contributed by atoms with Crippen molar-refractivity contribution < 1.29 is 48.5 Å². The van der Waals surface area contributed by atoms with E-state index in [1.54, 1.807) is 76.2 Å². The van der Waals surface area contributed by atoms with Crippen LogP contribution in [0, 0.1) is 11.8 Å². The molecule has 0 fully saturated rings. The summed E-state index contributed by atoms with van der Waals surface area (Å²) >= 11 is 0. The SMILES string of the molecule is CCCCNC(=O)c1ccccc1CO[C@@H](C(=O)N[C@H](C(=O)NC)C(C)C)[C@H](O)[C@@H](O)[C@@H](OCc1ccccc1C(=O)NCCCC)C(=O)N[C@H](C(=O)NC)C(C)C. The van der Waals surface area contributed by atoms with E-state index in [-0.39, 0.29) is 22.9 Å². The molecule has 0 aromatic heterocycles. The van der Waals surface area contributed by atoms with Crippen molar-refractivity contribution in [3.05, 3.63) is 70.8 Å². The van der Waals surface area contributed by atoms with Crippen LogP contribution in [0.2, 0.25) is 0 Å². The number of unbranched alkanes of at least 4 members (excludes halogenated alkanes) is 2. The summed E-state index contributed by atoms with van der Waals surface area (Å²) < 4.78 is 12.0. The van der Waals surface area contributed by atoms with Crippen LogP contribution in [0.5, 0.6) is 0 Å². The second-order valence-corrected chi connectivity index (χ2v) is 14.7. The van der Waals surface area contributed by atoms with Crippen LogP contribution in [-0.2, 0) is 41.9 Å². The summed E-state index contributed by atoms with van der Waals surface area (Å²) in [6.45, 7) is 10.8. The van der Waals surface area contributed by atoms with E-state index >= 15 is 0 Å². The van der Waals surface area contributed by atoms with Gasteiger partial charge in [0, 0.05) is 38.3 Å². The number of ether oxygens (including phenoxy) is 2. The van der Waals surface area contributed by atoms with Gasteiger partial charge in [0.15, 0.2) is 12.2 Å². The summed E-state index contributed by atoms with van der Waals surface area (Å²) in [7, 11) is 2.80. The largest absolute Gasteiger partial charge is 0.387 e. The van der Waals surface area contributed by atoms with Gasteiger partial charge in [0.05, 0.1) is 13.2 Å². The Labute approximate surface area is 342 Å². The Hall–Kier alpha value is -4.90. The molecule has 0 spiro atoms. The molecule has 0 saturated heterocycles. The Morgan fingerprint density at radius 2 is 0.914 bits per heavy atom. The highest BCUT2D eigenvalue weighted by molar-refractivity contribution is 5.96. The molecule has 0 saturated carbocycles. The monoisotopic (exact) mass is 812 g/mol. The van der Waals surface area contributed by atoms with E-state index in [9.17, 15) is 39.0 Å². The number of carbonyl (C=O) groups is 6.